The van der Waals surface area contributed by atoms with Gasteiger partial charge in [-0.2, -0.15) is 4.98 Å². The van der Waals surface area contributed by atoms with Crippen molar-refractivity contribution in [2.75, 3.05) is 11.1 Å². The quantitative estimate of drug-likeness (QED) is 0.729. The van der Waals surface area contributed by atoms with Crippen molar-refractivity contribution in [2.45, 2.75) is 5.16 Å². The molecule has 3 aromatic rings. The standard InChI is InChI=1S/C13H9Cl2N5OS/c14-8-3-1-4-9(11(8)15)17-10(21)7-22-13-18-12-16-5-2-6-20(12)19-13/h1-6H,7H2,(H,17,21). The van der Waals surface area contributed by atoms with Crippen LogP contribution in [0, 0.1) is 0 Å². The number of benzene rings is 1. The average molecular weight is 354 g/mol. The molecule has 0 aliphatic carbocycles. The van der Waals surface area contributed by atoms with E-state index in [-0.39, 0.29) is 11.7 Å². The number of rotatable bonds is 4. The van der Waals surface area contributed by atoms with Gasteiger partial charge >= 0.3 is 0 Å². The Kier molecular flexibility index (Phi) is 4.47. The van der Waals surface area contributed by atoms with E-state index in [1.165, 1.54) is 11.8 Å². The van der Waals surface area contributed by atoms with Gasteiger partial charge < -0.3 is 5.32 Å². The number of hydrogen-bond donors (Lipinski definition) is 1. The second-order valence-corrected chi connectivity index (χ2v) is 5.92. The second-order valence-electron chi connectivity index (χ2n) is 4.20. The highest BCUT2D eigenvalue weighted by atomic mass is 35.5. The Labute approximate surface area is 139 Å². The summed E-state index contributed by atoms with van der Waals surface area (Å²) in [4.78, 5) is 20.2. The van der Waals surface area contributed by atoms with E-state index in [0.29, 0.717) is 26.7 Å². The van der Waals surface area contributed by atoms with Gasteiger partial charge in [0.05, 0.1) is 21.5 Å². The van der Waals surface area contributed by atoms with Gasteiger partial charge in [-0.15, -0.1) is 5.10 Å². The van der Waals surface area contributed by atoms with Gasteiger partial charge in [-0.1, -0.05) is 41.0 Å². The first-order valence-electron chi connectivity index (χ1n) is 6.17. The minimum absolute atomic E-state index is 0.153. The zero-order valence-electron chi connectivity index (χ0n) is 11.0. The van der Waals surface area contributed by atoms with Crippen LogP contribution in [0.1, 0.15) is 0 Å². The summed E-state index contributed by atoms with van der Waals surface area (Å²) in [5, 5.41) is 8.09. The molecule has 112 valence electrons. The summed E-state index contributed by atoms with van der Waals surface area (Å²) in [6, 6.07) is 6.81. The van der Waals surface area contributed by atoms with Crippen LogP contribution in [0.3, 0.4) is 0 Å². The van der Waals surface area contributed by atoms with Crippen LogP contribution in [-0.4, -0.2) is 31.2 Å². The molecule has 2 aromatic heterocycles. The fourth-order valence-corrected chi connectivity index (χ4v) is 2.66. The number of halogens is 2. The number of carbonyl (C=O) groups excluding carboxylic acids is 1. The molecule has 1 N–H and O–H groups in total. The van der Waals surface area contributed by atoms with Gasteiger partial charge in [0, 0.05) is 12.4 Å². The van der Waals surface area contributed by atoms with Crippen molar-refractivity contribution in [1.29, 1.82) is 0 Å². The number of nitrogens with zero attached hydrogens (tertiary/aromatic N) is 4. The topological polar surface area (TPSA) is 72.2 Å². The lowest BCUT2D eigenvalue weighted by Crippen LogP contribution is -2.14. The molecule has 0 radical (unpaired) electrons. The zero-order chi connectivity index (χ0) is 15.5. The minimum Gasteiger partial charge on any atom is -0.324 e. The fourth-order valence-electron chi connectivity index (χ4n) is 1.69. The van der Waals surface area contributed by atoms with Gasteiger partial charge in [0.2, 0.25) is 11.1 Å². The van der Waals surface area contributed by atoms with Crippen molar-refractivity contribution in [3.8, 4) is 0 Å². The predicted octanol–water partition coefficient (Wildman–Crippen LogP) is 3.16. The van der Waals surface area contributed by atoms with E-state index in [2.05, 4.69) is 20.4 Å². The molecule has 0 aliphatic heterocycles. The van der Waals surface area contributed by atoms with Gasteiger partial charge in [-0.25, -0.2) is 9.50 Å². The molecule has 0 spiro atoms. The molecule has 1 aromatic carbocycles. The summed E-state index contributed by atoms with van der Waals surface area (Å²) >= 11 is 13.1. The summed E-state index contributed by atoms with van der Waals surface area (Å²) in [5.41, 5.74) is 0.476. The average Bonchev–Trinajstić information content (AvgIpc) is 2.93. The molecule has 0 saturated heterocycles. The summed E-state index contributed by atoms with van der Waals surface area (Å²) in [6.07, 6.45) is 3.37. The highest BCUT2D eigenvalue weighted by Gasteiger charge is 2.11. The van der Waals surface area contributed by atoms with E-state index in [4.69, 9.17) is 23.2 Å². The molecule has 22 heavy (non-hydrogen) atoms. The van der Waals surface area contributed by atoms with E-state index in [0.717, 1.165) is 0 Å². The molecule has 2 heterocycles. The molecule has 6 nitrogen and oxygen atoms in total. The first-order chi connectivity index (χ1) is 10.6. The highest BCUT2D eigenvalue weighted by Crippen LogP contribution is 2.29. The molecular formula is C13H9Cl2N5OS. The maximum Gasteiger partial charge on any atom is 0.253 e. The molecule has 0 saturated carbocycles. The molecule has 1 amide bonds. The van der Waals surface area contributed by atoms with E-state index >= 15 is 0 Å². The van der Waals surface area contributed by atoms with Crippen LogP contribution in [0.5, 0.6) is 0 Å². The number of hydrogen-bond acceptors (Lipinski definition) is 5. The van der Waals surface area contributed by atoms with Crippen molar-refractivity contribution >= 4 is 52.3 Å². The number of nitrogens with one attached hydrogen (secondary N) is 1. The number of aromatic nitrogens is 4. The van der Waals surface area contributed by atoms with Crippen LogP contribution >= 0.6 is 35.0 Å². The van der Waals surface area contributed by atoms with E-state index in [1.54, 1.807) is 41.2 Å². The second kappa shape index (κ2) is 6.51. The maximum absolute atomic E-state index is 12.0. The predicted molar refractivity (Wildman–Crippen MR) is 86.6 cm³/mol. The van der Waals surface area contributed by atoms with Gasteiger partial charge in [0.25, 0.3) is 5.78 Å². The molecule has 3 rings (SSSR count). The molecule has 0 fully saturated rings. The van der Waals surface area contributed by atoms with Crippen LogP contribution in [-0.2, 0) is 4.79 Å². The van der Waals surface area contributed by atoms with Crippen LogP contribution in [0.4, 0.5) is 5.69 Å². The Morgan fingerprint density at radius 2 is 2.18 bits per heavy atom. The van der Waals surface area contributed by atoms with E-state index in [1.807, 2.05) is 0 Å². The van der Waals surface area contributed by atoms with Gasteiger partial charge in [-0.05, 0) is 18.2 Å². The van der Waals surface area contributed by atoms with Crippen molar-refractivity contribution in [2.24, 2.45) is 0 Å². The lowest BCUT2D eigenvalue weighted by molar-refractivity contribution is -0.113. The summed E-state index contributed by atoms with van der Waals surface area (Å²) < 4.78 is 1.55. The lowest BCUT2D eigenvalue weighted by Gasteiger charge is -2.07. The van der Waals surface area contributed by atoms with Gasteiger partial charge in [-0.3, -0.25) is 4.79 Å². The third kappa shape index (κ3) is 3.32. The van der Waals surface area contributed by atoms with Crippen LogP contribution in [0.2, 0.25) is 10.0 Å². The minimum atomic E-state index is -0.221. The first-order valence-corrected chi connectivity index (χ1v) is 7.92. The molecule has 0 atom stereocenters. The summed E-state index contributed by atoms with van der Waals surface area (Å²) in [6.45, 7) is 0. The molecule has 9 heteroatoms. The number of thioether (sulfide) groups is 1. The normalized spacial score (nSPS) is 10.8. The van der Waals surface area contributed by atoms with Crippen molar-refractivity contribution in [1.82, 2.24) is 19.6 Å². The Morgan fingerprint density at radius 1 is 1.32 bits per heavy atom. The Hall–Kier alpha value is -1.83. The fraction of sp³-hybridized carbons (Fsp3) is 0.0769. The molecule has 0 bridgehead atoms. The van der Waals surface area contributed by atoms with Crippen LogP contribution < -0.4 is 5.32 Å². The van der Waals surface area contributed by atoms with Gasteiger partial charge in [0.1, 0.15) is 0 Å². The number of carbonyl (C=O) groups is 1. The van der Waals surface area contributed by atoms with E-state index < -0.39 is 0 Å². The smallest absolute Gasteiger partial charge is 0.253 e. The molecular weight excluding hydrogens is 345 g/mol. The first kappa shape index (κ1) is 15.1. The number of anilines is 1. The summed E-state index contributed by atoms with van der Waals surface area (Å²) in [5.74, 6) is 0.420. The number of amides is 1. The highest BCUT2D eigenvalue weighted by molar-refractivity contribution is 7.99. The maximum atomic E-state index is 12.0. The van der Waals surface area contributed by atoms with Gasteiger partial charge in [0.15, 0.2) is 0 Å². The van der Waals surface area contributed by atoms with Crippen molar-refractivity contribution in [3.05, 3.63) is 46.7 Å². The SMILES string of the molecule is O=C(CSc1nc2ncccn2n1)Nc1cccc(Cl)c1Cl. The van der Waals surface area contributed by atoms with E-state index in [9.17, 15) is 4.79 Å². The van der Waals surface area contributed by atoms with Crippen LogP contribution in [0.25, 0.3) is 5.78 Å². The Bertz CT molecular complexity index is 805. The lowest BCUT2D eigenvalue weighted by atomic mass is 10.3. The van der Waals surface area contributed by atoms with Crippen molar-refractivity contribution < 1.29 is 4.79 Å². The third-order valence-electron chi connectivity index (χ3n) is 2.66. The molecule has 0 aliphatic rings. The largest absolute Gasteiger partial charge is 0.324 e. The van der Waals surface area contributed by atoms with Crippen molar-refractivity contribution in [3.63, 3.8) is 0 Å². The Morgan fingerprint density at radius 3 is 3.00 bits per heavy atom. The van der Waals surface area contributed by atoms with Crippen LogP contribution in [0.15, 0.2) is 41.8 Å². The monoisotopic (exact) mass is 353 g/mol. The third-order valence-corrected chi connectivity index (χ3v) is 4.31. The molecule has 0 unspecified atom stereocenters. The summed E-state index contributed by atoms with van der Waals surface area (Å²) in [7, 11) is 0. The Balaban J connectivity index is 1.63. The zero-order valence-corrected chi connectivity index (χ0v) is 13.4. The number of fused-ring (bicyclic) bond motifs is 1.